The topological polar surface area (TPSA) is 38.9 Å². The summed E-state index contributed by atoms with van der Waals surface area (Å²) in [5.41, 5.74) is 3.18. The van der Waals surface area contributed by atoms with Gasteiger partial charge in [0.2, 0.25) is 5.89 Å². The second-order valence-corrected chi connectivity index (χ2v) is 3.68. The van der Waals surface area contributed by atoms with Crippen molar-refractivity contribution in [1.29, 1.82) is 0 Å². The van der Waals surface area contributed by atoms with Crippen LogP contribution in [-0.2, 0) is 0 Å². The van der Waals surface area contributed by atoms with Crippen molar-refractivity contribution in [1.82, 2.24) is 9.97 Å². The van der Waals surface area contributed by atoms with E-state index >= 15 is 0 Å². The summed E-state index contributed by atoms with van der Waals surface area (Å²) in [6, 6.07) is 11.7. The minimum atomic E-state index is 0.592. The van der Waals surface area contributed by atoms with Gasteiger partial charge in [-0.15, -0.1) is 0 Å². The molecular formula is C14H10N2O. The molecule has 2 aromatic heterocycles. The number of hydrogen-bond donors (Lipinski definition) is 0. The van der Waals surface area contributed by atoms with E-state index in [0.29, 0.717) is 17.1 Å². The average Bonchev–Trinajstić information content (AvgIpc) is 2.82. The lowest BCUT2D eigenvalue weighted by Crippen LogP contribution is -1.78. The van der Waals surface area contributed by atoms with E-state index in [2.05, 4.69) is 16.5 Å². The molecule has 0 amide bonds. The highest BCUT2D eigenvalue weighted by atomic mass is 16.3. The van der Waals surface area contributed by atoms with Gasteiger partial charge < -0.3 is 4.42 Å². The van der Waals surface area contributed by atoms with Crippen LogP contribution in [0, 0.1) is 0 Å². The summed E-state index contributed by atoms with van der Waals surface area (Å²) in [5.74, 6) is 0.592. The Labute approximate surface area is 98.4 Å². The van der Waals surface area contributed by atoms with E-state index in [1.54, 1.807) is 12.3 Å². The second-order valence-electron chi connectivity index (χ2n) is 3.68. The second kappa shape index (κ2) is 3.87. The van der Waals surface area contributed by atoms with Crippen LogP contribution in [0.2, 0.25) is 0 Å². The van der Waals surface area contributed by atoms with E-state index in [9.17, 15) is 0 Å². The maximum atomic E-state index is 5.68. The smallest absolute Gasteiger partial charge is 0.228 e. The van der Waals surface area contributed by atoms with Crippen LogP contribution in [0.3, 0.4) is 0 Å². The summed E-state index contributed by atoms with van der Waals surface area (Å²) in [4.78, 5) is 8.57. The van der Waals surface area contributed by atoms with Gasteiger partial charge in [0.05, 0.1) is 0 Å². The quantitative estimate of drug-likeness (QED) is 0.665. The highest BCUT2D eigenvalue weighted by Crippen LogP contribution is 2.23. The van der Waals surface area contributed by atoms with Gasteiger partial charge in [0.15, 0.2) is 11.2 Å². The predicted molar refractivity (Wildman–Crippen MR) is 67.3 cm³/mol. The summed E-state index contributed by atoms with van der Waals surface area (Å²) in [6.45, 7) is 3.70. The molecule has 0 N–H and O–H groups in total. The van der Waals surface area contributed by atoms with Crippen LogP contribution in [-0.4, -0.2) is 9.97 Å². The third-order valence-electron chi connectivity index (χ3n) is 2.52. The van der Waals surface area contributed by atoms with Crippen molar-refractivity contribution in [2.75, 3.05) is 0 Å². The van der Waals surface area contributed by atoms with Crippen molar-refractivity contribution >= 4 is 17.3 Å². The van der Waals surface area contributed by atoms with Gasteiger partial charge >= 0.3 is 0 Å². The molecule has 3 nitrogen and oxygen atoms in total. The molecule has 3 heteroatoms. The Morgan fingerprint density at radius 1 is 1.18 bits per heavy atom. The molecule has 0 saturated carbocycles. The third kappa shape index (κ3) is 1.72. The molecule has 0 radical (unpaired) electrons. The number of aromatic nitrogens is 2. The highest BCUT2D eigenvalue weighted by molar-refractivity contribution is 5.74. The van der Waals surface area contributed by atoms with Gasteiger partial charge in [-0.1, -0.05) is 30.9 Å². The fraction of sp³-hybridized carbons (Fsp3) is 0. The summed E-state index contributed by atoms with van der Waals surface area (Å²) in [7, 11) is 0. The molecule has 0 aliphatic carbocycles. The number of nitrogens with zero attached hydrogens (tertiary/aromatic N) is 2. The maximum absolute atomic E-state index is 5.68. The first-order chi connectivity index (χ1) is 8.36. The number of pyridine rings is 1. The minimum Gasteiger partial charge on any atom is -0.434 e. The zero-order valence-electron chi connectivity index (χ0n) is 9.13. The summed E-state index contributed by atoms with van der Waals surface area (Å²) in [5, 5.41) is 0. The molecule has 17 heavy (non-hydrogen) atoms. The Balaban J connectivity index is 2.17. The van der Waals surface area contributed by atoms with E-state index in [4.69, 9.17) is 4.42 Å². The first-order valence-electron chi connectivity index (χ1n) is 5.31. The van der Waals surface area contributed by atoms with Crippen LogP contribution in [0.4, 0.5) is 0 Å². The first kappa shape index (κ1) is 9.78. The van der Waals surface area contributed by atoms with Crippen LogP contribution in [0.15, 0.2) is 53.6 Å². The molecule has 0 unspecified atom stereocenters. The molecule has 0 spiro atoms. The Kier molecular flexibility index (Phi) is 2.22. The minimum absolute atomic E-state index is 0.592. The van der Waals surface area contributed by atoms with E-state index < -0.39 is 0 Å². The Bertz CT molecular complexity index is 671. The number of fused-ring (bicyclic) bond motifs is 1. The molecule has 0 aliphatic rings. The molecule has 2 heterocycles. The molecule has 1 aromatic carbocycles. The van der Waals surface area contributed by atoms with E-state index in [-0.39, 0.29) is 0 Å². The number of rotatable bonds is 2. The molecular weight excluding hydrogens is 212 g/mol. The number of benzene rings is 1. The van der Waals surface area contributed by atoms with Crippen molar-refractivity contribution in [2.45, 2.75) is 0 Å². The fourth-order valence-electron chi connectivity index (χ4n) is 1.65. The molecule has 82 valence electrons. The number of oxazole rings is 1. The van der Waals surface area contributed by atoms with Gasteiger partial charge in [-0.3, -0.25) is 0 Å². The van der Waals surface area contributed by atoms with Gasteiger partial charge in [-0.2, -0.15) is 4.98 Å². The van der Waals surface area contributed by atoms with Gasteiger partial charge in [0.25, 0.3) is 0 Å². The summed E-state index contributed by atoms with van der Waals surface area (Å²) < 4.78 is 5.68. The molecule has 3 aromatic rings. The average molecular weight is 222 g/mol. The Morgan fingerprint density at radius 2 is 2.00 bits per heavy atom. The lowest BCUT2D eigenvalue weighted by molar-refractivity contribution is 0.619. The van der Waals surface area contributed by atoms with Gasteiger partial charge in [-0.25, -0.2) is 4.98 Å². The highest BCUT2D eigenvalue weighted by Gasteiger charge is 2.08. The van der Waals surface area contributed by atoms with E-state index in [1.807, 2.05) is 36.4 Å². The van der Waals surface area contributed by atoms with E-state index in [0.717, 1.165) is 11.1 Å². The fourth-order valence-corrected chi connectivity index (χ4v) is 1.65. The first-order valence-corrected chi connectivity index (χ1v) is 5.31. The molecule has 0 saturated heterocycles. The SMILES string of the molecule is C=Cc1cnc2nc(-c3ccccc3)oc2c1. The van der Waals surface area contributed by atoms with Crippen molar-refractivity contribution in [3.05, 3.63) is 54.7 Å². The maximum Gasteiger partial charge on any atom is 0.228 e. The lowest BCUT2D eigenvalue weighted by Gasteiger charge is -1.91. The van der Waals surface area contributed by atoms with Crippen molar-refractivity contribution in [3.63, 3.8) is 0 Å². The van der Waals surface area contributed by atoms with Gasteiger partial charge in [0, 0.05) is 11.8 Å². The van der Waals surface area contributed by atoms with Crippen molar-refractivity contribution < 1.29 is 4.42 Å². The Morgan fingerprint density at radius 3 is 2.76 bits per heavy atom. The van der Waals surface area contributed by atoms with Crippen molar-refractivity contribution in [3.8, 4) is 11.5 Å². The monoisotopic (exact) mass is 222 g/mol. The lowest BCUT2D eigenvalue weighted by atomic mass is 10.2. The van der Waals surface area contributed by atoms with Crippen LogP contribution < -0.4 is 0 Å². The predicted octanol–water partition coefficient (Wildman–Crippen LogP) is 3.53. The summed E-state index contributed by atoms with van der Waals surface area (Å²) in [6.07, 6.45) is 3.46. The van der Waals surface area contributed by atoms with E-state index in [1.165, 1.54) is 0 Å². The van der Waals surface area contributed by atoms with Gasteiger partial charge in [-0.05, 0) is 23.8 Å². The zero-order valence-corrected chi connectivity index (χ0v) is 9.13. The normalized spacial score (nSPS) is 10.6. The molecule has 0 fully saturated rings. The van der Waals surface area contributed by atoms with Crippen LogP contribution in [0.1, 0.15) is 5.56 Å². The largest absolute Gasteiger partial charge is 0.434 e. The van der Waals surface area contributed by atoms with Crippen molar-refractivity contribution in [2.24, 2.45) is 0 Å². The molecule has 0 aliphatic heterocycles. The van der Waals surface area contributed by atoms with Gasteiger partial charge in [0.1, 0.15) is 0 Å². The standard InChI is InChI=1S/C14H10N2O/c1-2-10-8-12-13(15-9-10)16-14(17-12)11-6-4-3-5-7-11/h2-9H,1H2. The Hall–Kier alpha value is -2.42. The molecule has 3 rings (SSSR count). The number of hydrogen-bond acceptors (Lipinski definition) is 3. The van der Waals surface area contributed by atoms with Crippen LogP contribution in [0.25, 0.3) is 28.8 Å². The van der Waals surface area contributed by atoms with Crippen LogP contribution in [0.5, 0.6) is 0 Å². The zero-order chi connectivity index (χ0) is 11.7. The summed E-state index contributed by atoms with van der Waals surface area (Å²) >= 11 is 0. The third-order valence-corrected chi connectivity index (χ3v) is 2.52. The molecule has 0 bridgehead atoms. The van der Waals surface area contributed by atoms with Crippen LogP contribution >= 0.6 is 0 Å². The molecule has 0 atom stereocenters.